The fraction of sp³-hybridized carbons (Fsp3) is 0.538. The highest BCUT2D eigenvalue weighted by Gasteiger charge is 2.41. The minimum absolute atomic E-state index is 0.147. The first kappa shape index (κ1) is 9.72. The Morgan fingerprint density at radius 3 is 2.43 bits per heavy atom. The molecule has 0 bridgehead atoms. The summed E-state index contributed by atoms with van der Waals surface area (Å²) >= 11 is 0. The average Bonchev–Trinajstić information content (AvgIpc) is 2.97. The molecule has 0 amide bonds. The normalized spacial score (nSPS) is 27.4. The number of benzene rings is 1. The van der Waals surface area contributed by atoms with E-state index in [0.29, 0.717) is 11.8 Å². The number of aryl methyl sites for hydroxylation is 1. The van der Waals surface area contributed by atoms with Crippen molar-refractivity contribution in [1.82, 2.24) is 0 Å². The highest BCUT2D eigenvalue weighted by atomic mass is 16.3. The van der Waals surface area contributed by atoms with Gasteiger partial charge in [0, 0.05) is 0 Å². The minimum atomic E-state index is -0.147. The van der Waals surface area contributed by atoms with E-state index >= 15 is 0 Å². The Morgan fingerprint density at radius 1 is 1.36 bits per heavy atom. The first-order valence-corrected chi connectivity index (χ1v) is 5.49. The molecular formula is C13H18O. The largest absolute Gasteiger partial charge is 0.393 e. The van der Waals surface area contributed by atoms with Gasteiger partial charge in [-0.25, -0.2) is 0 Å². The highest BCUT2D eigenvalue weighted by molar-refractivity contribution is 5.29. The van der Waals surface area contributed by atoms with Gasteiger partial charge in [0.05, 0.1) is 6.10 Å². The van der Waals surface area contributed by atoms with Crippen LogP contribution in [0.3, 0.4) is 0 Å². The van der Waals surface area contributed by atoms with E-state index in [0.717, 1.165) is 12.8 Å². The first-order valence-electron chi connectivity index (χ1n) is 5.49. The molecule has 3 atom stereocenters. The number of aliphatic hydroxyl groups excluding tert-OH is 1. The summed E-state index contributed by atoms with van der Waals surface area (Å²) in [5.41, 5.74) is 2.79. The van der Waals surface area contributed by atoms with Gasteiger partial charge < -0.3 is 5.11 Å². The van der Waals surface area contributed by atoms with Gasteiger partial charge in [-0.3, -0.25) is 0 Å². The molecule has 0 spiro atoms. The van der Waals surface area contributed by atoms with Crippen LogP contribution in [0.25, 0.3) is 0 Å². The molecule has 0 aromatic heterocycles. The summed E-state index contributed by atoms with van der Waals surface area (Å²) in [5, 5.41) is 9.42. The number of rotatable bonds is 3. The SMILES string of the molecule is CCc1ccc(C2CC2C(C)O)cc1. The van der Waals surface area contributed by atoms with Crippen LogP contribution >= 0.6 is 0 Å². The quantitative estimate of drug-likeness (QED) is 0.777. The maximum absolute atomic E-state index is 9.42. The molecule has 1 aliphatic carbocycles. The van der Waals surface area contributed by atoms with E-state index in [1.54, 1.807) is 0 Å². The van der Waals surface area contributed by atoms with Crippen molar-refractivity contribution in [3.05, 3.63) is 35.4 Å². The van der Waals surface area contributed by atoms with E-state index < -0.39 is 0 Å². The molecule has 1 heteroatoms. The number of aliphatic hydroxyl groups is 1. The summed E-state index contributed by atoms with van der Waals surface area (Å²) in [6, 6.07) is 8.83. The Hall–Kier alpha value is -0.820. The first-order chi connectivity index (χ1) is 6.72. The summed E-state index contributed by atoms with van der Waals surface area (Å²) in [6.07, 6.45) is 2.11. The lowest BCUT2D eigenvalue weighted by Gasteiger charge is -2.04. The van der Waals surface area contributed by atoms with Crippen LogP contribution < -0.4 is 0 Å². The standard InChI is InChI=1S/C13H18O/c1-3-10-4-6-11(7-5-10)13-8-12(13)9(2)14/h4-7,9,12-14H,3,8H2,1-2H3. The Morgan fingerprint density at radius 2 is 2.00 bits per heavy atom. The zero-order valence-electron chi connectivity index (χ0n) is 8.90. The Balaban J connectivity index is 2.05. The molecule has 14 heavy (non-hydrogen) atoms. The summed E-state index contributed by atoms with van der Waals surface area (Å²) in [4.78, 5) is 0. The highest BCUT2D eigenvalue weighted by Crippen LogP contribution is 2.49. The minimum Gasteiger partial charge on any atom is -0.393 e. The van der Waals surface area contributed by atoms with Crippen molar-refractivity contribution in [3.63, 3.8) is 0 Å². The third-order valence-electron chi connectivity index (χ3n) is 3.28. The molecule has 3 unspecified atom stereocenters. The molecule has 2 rings (SSSR count). The van der Waals surface area contributed by atoms with Crippen LogP contribution in [-0.2, 0) is 6.42 Å². The second-order valence-corrected chi connectivity index (χ2v) is 4.34. The molecule has 0 heterocycles. The van der Waals surface area contributed by atoms with E-state index in [9.17, 15) is 5.11 Å². The molecule has 76 valence electrons. The Kier molecular flexibility index (Phi) is 2.60. The zero-order chi connectivity index (χ0) is 10.1. The summed E-state index contributed by atoms with van der Waals surface area (Å²) < 4.78 is 0. The summed E-state index contributed by atoms with van der Waals surface area (Å²) in [7, 11) is 0. The molecule has 1 aliphatic rings. The maximum Gasteiger partial charge on any atom is 0.0546 e. The van der Waals surface area contributed by atoms with Crippen molar-refractivity contribution >= 4 is 0 Å². The molecule has 1 saturated carbocycles. The lowest BCUT2D eigenvalue weighted by Crippen LogP contribution is -2.03. The van der Waals surface area contributed by atoms with Crippen molar-refractivity contribution in [1.29, 1.82) is 0 Å². The summed E-state index contributed by atoms with van der Waals surface area (Å²) in [5.74, 6) is 1.11. The third kappa shape index (κ3) is 1.83. The van der Waals surface area contributed by atoms with E-state index in [4.69, 9.17) is 0 Å². The van der Waals surface area contributed by atoms with Gasteiger partial charge in [0.15, 0.2) is 0 Å². The molecule has 1 aromatic rings. The molecule has 0 radical (unpaired) electrons. The predicted octanol–water partition coefficient (Wildman–Crippen LogP) is 2.73. The second-order valence-electron chi connectivity index (χ2n) is 4.34. The van der Waals surface area contributed by atoms with Gasteiger partial charge in [-0.15, -0.1) is 0 Å². The Labute approximate surface area is 85.8 Å². The van der Waals surface area contributed by atoms with Gasteiger partial charge in [0.25, 0.3) is 0 Å². The average molecular weight is 190 g/mol. The van der Waals surface area contributed by atoms with E-state index in [1.165, 1.54) is 11.1 Å². The van der Waals surface area contributed by atoms with Crippen LogP contribution in [0, 0.1) is 5.92 Å². The van der Waals surface area contributed by atoms with Crippen LogP contribution in [0.1, 0.15) is 37.3 Å². The summed E-state index contributed by atoms with van der Waals surface area (Å²) in [6.45, 7) is 4.07. The van der Waals surface area contributed by atoms with Gasteiger partial charge in [0.1, 0.15) is 0 Å². The van der Waals surface area contributed by atoms with Crippen molar-refractivity contribution in [2.45, 2.75) is 38.7 Å². The third-order valence-corrected chi connectivity index (χ3v) is 3.28. The van der Waals surface area contributed by atoms with Gasteiger partial charge >= 0.3 is 0 Å². The van der Waals surface area contributed by atoms with Gasteiger partial charge in [-0.05, 0) is 42.7 Å². The fourth-order valence-electron chi connectivity index (χ4n) is 2.13. The Bertz CT molecular complexity index is 300. The molecule has 1 N–H and O–H groups in total. The molecule has 1 nitrogen and oxygen atoms in total. The van der Waals surface area contributed by atoms with Gasteiger partial charge in [-0.1, -0.05) is 31.2 Å². The lowest BCUT2D eigenvalue weighted by atomic mass is 10.0. The van der Waals surface area contributed by atoms with Crippen molar-refractivity contribution in [2.75, 3.05) is 0 Å². The maximum atomic E-state index is 9.42. The van der Waals surface area contributed by atoms with Crippen LogP contribution in [0.2, 0.25) is 0 Å². The molecule has 1 fully saturated rings. The van der Waals surface area contributed by atoms with Crippen molar-refractivity contribution < 1.29 is 5.11 Å². The second kappa shape index (κ2) is 3.74. The number of hydrogen-bond donors (Lipinski definition) is 1. The van der Waals surface area contributed by atoms with Crippen LogP contribution in [-0.4, -0.2) is 11.2 Å². The van der Waals surface area contributed by atoms with Crippen LogP contribution in [0.4, 0.5) is 0 Å². The zero-order valence-corrected chi connectivity index (χ0v) is 8.90. The molecule has 0 aliphatic heterocycles. The van der Waals surface area contributed by atoms with Crippen molar-refractivity contribution in [2.24, 2.45) is 5.92 Å². The van der Waals surface area contributed by atoms with Crippen LogP contribution in [0.5, 0.6) is 0 Å². The fourth-order valence-corrected chi connectivity index (χ4v) is 2.13. The topological polar surface area (TPSA) is 20.2 Å². The molecular weight excluding hydrogens is 172 g/mol. The lowest BCUT2D eigenvalue weighted by molar-refractivity contribution is 0.169. The van der Waals surface area contributed by atoms with E-state index in [1.807, 2.05) is 6.92 Å². The van der Waals surface area contributed by atoms with E-state index in [-0.39, 0.29) is 6.10 Å². The molecule has 0 saturated heterocycles. The van der Waals surface area contributed by atoms with Gasteiger partial charge in [0.2, 0.25) is 0 Å². The predicted molar refractivity (Wildman–Crippen MR) is 58.3 cm³/mol. The van der Waals surface area contributed by atoms with Crippen LogP contribution in [0.15, 0.2) is 24.3 Å². The van der Waals surface area contributed by atoms with Crippen molar-refractivity contribution in [3.8, 4) is 0 Å². The van der Waals surface area contributed by atoms with E-state index in [2.05, 4.69) is 31.2 Å². The molecule has 1 aromatic carbocycles. The van der Waals surface area contributed by atoms with Gasteiger partial charge in [-0.2, -0.15) is 0 Å². The monoisotopic (exact) mass is 190 g/mol. The smallest absolute Gasteiger partial charge is 0.0546 e. The number of hydrogen-bond acceptors (Lipinski definition) is 1.